The predicted molar refractivity (Wildman–Crippen MR) is 214 cm³/mol. The van der Waals surface area contributed by atoms with Gasteiger partial charge in [0.25, 0.3) is 0 Å². The molecule has 9 heteroatoms. The van der Waals surface area contributed by atoms with Gasteiger partial charge in [-0.25, -0.2) is 0 Å². The van der Waals surface area contributed by atoms with Gasteiger partial charge >= 0.3 is 11.9 Å². The van der Waals surface area contributed by atoms with Crippen molar-refractivity contribution >= 4 is 17.9 Å². The van der Waals surface area contributed by atoms with Crippen molar-refractivity contribution in [2.45, 2.75) is 219 Å². The highest BCUT2D eigenvalue weighted by molar-refractivity contribution is 5.70. The van der Waals surface area contributed by atoms with Crippen LogP contribution in [0, 0.1) is 0 Å². The van der Waals surface area contributed by atoms with Crippen LogP contribution in [0.4, 0.5) is 0 Å². The average molecular weight is 756 g/mol. The zero-order valence-corrected chi connectivity index (χ0v) is 35.4. The fourth-order valence-electron chi connectivity index (χ4n) is 6.36. The second kappa shape index (κ2) is 37.2. The van der Waals surface area contributed by atoms with Crippen LogP contribution in [0.1, 0.15) is 206 Å². The Balaban J connectivity index is 4.10. The lowest BCUT2D eigenvalue weighted by atomic mass is 10.0. The lowest BCUT2D eigenvalue weighted by molar-refractivity contribution is -0.870. The Morgan fingerprint density at radius 3 is 1.21 bits per heavy atom. The lowest BCUT2D eigenvalue weighted by Gasteiger charge is -2.26. The Morgan fingerprint density at radius 2 is 0.849 bits per heavy atom. The Bertz CT molecular complexity index is 846. The van der Waals surface area contributed by atoms with Gasteiger partial charge in [0.15, 0.2) is 12.4 Å². The normalized spacial score (nSPS) is 12.8. The zero-order valence-electron chi connectivity index (χ0n) is 35.4. The van der Waals surface area contributed by atoms with Crippen LogP contribution in [0.25, 0.3) is 0 Å². The highest BCUT2D eigenvalue weighted by Gasteiger charge is 2.21. The van der Waals surface area contributed by atoms with E-state index < -0.39 is 24.3 Å². The number of carbonyl (C=O) groups excluding carboxylic acids is 3. The van der Waals surface area contributed by atoms with Crippen LogP contribution in [0.15, 0.2) is 0 Å². The third-order valence-corrected chi connectivity index (χ3v) is 9.85. The molecule has 0 N–H and O–H groups in total. The van der Waals surface area contributed by atoms with Crippen LogP contribution in [0.3, 0.4) is 0 Å². The number of esters is 2. The van der Waals surface area contributed by atoms with Gasteiger partial charge in [-0.1, -0.05) is 181 Å². The second-order valence-electron chi connectivity index (χ2n) is 16.4. The molecule has 9 nitrogen and oxygen atoms in total. The number of carbonyl (C=O) groups is 3. The molecule has 0 saturated heterocycles. The van der Waals surface area contributed by atoms with Crippen LogP contribution in [0.5, 0.6) is 0 Å². The minimum atomic E-state index is -1.61. The van der Waals surface area contributed by atoms with Gasteiger partial charge in [0.1, 0.15) is 13.2 Å². The third kappa shape index (κ3) is 38.4. The third-order valence-electron chi connectivity index (χ3n) is 9.85. The maximum atomic E-state index is 12.7. The Hall–Kier alpha value is -1.71. The number of nitrogens with zero attached hydrogens (tertiary/aromatic N) is 1. The number of hydrogen-bond acceptors (Lipinski definition) is 8. The van der Waals surface area contributed by atoms with Gasteiger partial charge in [-0.15, -0.1) is 0 Å². The summed E-state index contributed by atoms with van der Waals surface area (Å²) in [6, 6.07) is 0. The van der Waals surface area contributed by atoms with Gasteiger partial charge in [0, 0.05) is 12.8 Å². The van der Waals surface area contributed by atoms with Crippen molar-refractivity contribution in [3.05, 3.63) is 0 Å². The number of unbranched alkanes of at least 4 members (excludes halogenated alkanes) is 26. The maximum absolute atomic E-state index is 12.7. The summed E-state index contributed by atoms with van der Waals surface area (Å²) in [6.07, 6.45) is 33.3. The molecule has 0 saturated carbocycles. The molecule has 0 amide bonds. The summed E-state index contributed by atoms with van der Waals surface area (Å²) in [6.45, 7) is 4.67. The number of carboxylic acid groups (broad SMARTS) is 1. The summed E-state index contributed by atoms with van der Waals surface area (Å²) < 4.78 is 22.4. The van der Waals surface area contributed by atoms with E-state index in [2.05, 4.69) is 13.8 Å². The molecule has 0 aromatic heterocycles. The van der Waals surface area contributed by atoms with Crippen LogP contribution in [0.2, 0.25) is 0 Å². The number of carboxylic acids is 1. The van der Waals surface area contributed by atoms with Crippen molar-refractivity contribution < 1.29 is 42.9 Å². The van der Waals surface area contributed by atoms with E-state index >= 15 is 0 Å². The molecule has 314 valence electrons. The molecule has 0 fully saturated rings. The van der Waals surface area contributed by atoms with Gasteiger partial charge in [0.05, 0.1) is 40.3 Å². The van der Waals surface area contributed by atoms with Gasteiger partial charge in [0.2, 0.25) is 0 Å². The average Bonchev–Trinajstić information content (AvgIpc) is 3.11. The van der Waals surface area contributed by atoms with Crippen molar-refractivity contribution in [3.63, 3.8) is 0 Å². The van der Waals surface area contributed by atoms with Crippen LogP contribution in [-0.2, 0) is 33.3 Å². The number of likely N-dealkylation sites (N-methyl/N-ethyl adjacent to an activating group) is 1. The van der Waals surface area contributed by atoms with E-state index in [1.165, 1.54) is 128 Å². The minimum Gasteiger partial charge on any atom is -0.545 e. The molecular formula is C44H85NO8. The number of aliphatic carboxylic acids is 1. The monoisotopic (exact) mass is 756 g/mol. The molecule has 0 rings (SSSR count). The number of ether oxygens (including phenoxy) is 4. The smallest absolute Gasteiger partial charge is 0.306 e. The summed E-state index contributed by atoms with van der Waals surface area (Å²) >= 11 is 0. The zero-order chi connectivity index (χ0) is 39.3. The van der Waals surface area contributed by atoms with E-state index in [-0.39, 0.29) is 32.2 Å². The highest BCUT2D eigenvalue weighted by Crippen LogP contribution is 2.16. The number of rotatable bonds is 41. The molecule has 0 aromatic rings. The molecule has 0 heterocycles. The fourth-order valence-corrected chi connectivity index (χ4v) is 6.36. The topological polar surface area (TPSA) is 111 Å². The quantitative estimate of drug-likeness (QED) is 0.0263. The van der Waals surface area contributed by atoms with Crippen molar-refractivity contribution in [1.82, 2.24) is 0 Å². The van der Waals surface area contributed by atoms with Gasteiger partial charge in [-0.05, 0) is 12.8 Å². The second-order valence-corrected chi connectivity index (χ2v) is 16.4. The molecule has 0 aliphatic carbocycles. The van der Waals surface area contributed by atoms with Crippen molar-refractivity contribution in [1.29, 1.82) is 0 Å². The largest absolute Gasteiger partial charge is 0.545 e. The maximum Gasteiger partial charge on any atom is 0.306 e. The van der Waals surface area contributed by atoms with E-state index in [4.69, 9.17) is 18.9 Å². The molecule has 0 aliphatic rings. The van der Waals surface area contributed by atoms with Gasteiger partial charge in [-0.3, -0.25) is 9.59 Å². The molecule has 0 bridgehead atoms. The lowest BCUT2D eigenvalue weighted by Crippen LogP contribution is -2.44. The number of quaternary nitrogens is 1. The van der Waals surface area contributed by atoms with Crippen LogP contribution in [-0.4, -0.2) is 82.3 Å². The van der Waals surface area contributed by atoms with E-state index in [9.17, 15) is 19.5 Å². The summed E-state index contributed by atoms with van der Waals surface area (Å²) in [4.78, 5) is 36.6. The van der Waals surface area contributed by atoms with Crippen molar-refractivity contribution in [3.8, 4) is 0 Å². The summed E-state index contributed by atoms with van der Waals surface area (Å²) in [5.41, 5.74) is 0. The standard InChI is InChI=1S/C44H85NO8/c1-6-8-10-12-13-14-15-16-17-18-19-20-21-22-23-24-25-26-27-28-29-31-33-35-42(47)53-40(38-51-41(46)34-32-30-11-9-7-2)39-52-44(43(48)49)50-37-36-45(3,4)5/h40,44H,6-39H2,1-5H3. The Morgan fingerprint density at radius 1 is 0.491 bits per heavy atom. The number of hydrogen-bond donors (Lipinski definition) is 0. The molecule has 0 radical (unpaired) electrons. The molecule has 53 heavy (non-hydrogen) atoms. The summed E-state index contributed by atoms with van der Waals surface area (Å²) in [5, 5.41) is 11.6. The van der Waals surface area contributed by atoms with Crippen molar-refractivity contribution in [2.75, 3.05) is 47.5 Å². The van der Waals surface area contributed by atoms with E-state index in [1.807, 2.05) is 21.1 Å². The minimum absolute atomic E-state index is 0.152. The van der Waals surface area contributed by atoms with Crippen molar-refractivity contribution in [2.24, 2.45) is 0 Å². The molecule has 0 aliphatic heterocycles. The molecule has 0 aromatic carbocycles. The van der Waals surface area contributed by atoms with Gasteiger partial charge < -0.3 is 33.3 Å². The Labute approximate surface area is 326 Å². The molecule has 0 spiro atoms. The first-order valence-corrected chi connectivity index (χ1v) is 22.2. The molecule has 2 atom stereocenters. The SMILES string of the molecule is CCCCCCCCCCCCCCCCCCCCCCCCCC(=O)OC(COC(=O)CCCCCCC)COC(OCC[N+](C)(C)C)C(=O)[O-]. The summed E-state index contributed by atoms with van der Waals surface area (Å²) in [5.74, 6) is -2.28. The van der Waals surface area contributed by atoms with Crippen LogP contribution >= 0.6 is 0 Å². The van der Waals surface area contributed by atoms with E-state index in [1.54, 1.807) is 0 Å². The first-order chi connectivity index (χ1) is 25.6. The Kier molecular flexibility index (Phi) is 36.0. The predicted octanol–water partition coefficient (Wildman–Crippen LogP) is 10.00. The highest BCUT2D eigenvalue weighted by atomic mass is 16.7. The van der Waals surface area contributed by atoms with Gasteiger partial charge in [-0.2, -0.15) is 0 Å². The summed E-state index contributed by atoms with van der Waals surface area (Å²) in [7, 11) is 5.90. The molecule has 2 unspecified atom stereocenters. The first kappa shape index (κ1) is 51.3. The molecular weight excluding hydrogens is 670 g/mol. The first-order valence-electron chi connectivity index (χ1n) is 22.2. The van der Waals surface area contributed by atoms with Crippen LogP contribution < -0.4 is 5.11 Å². The van der Waals surface area contributed by atoms with E-state index in [0.29, 0.717) is 17.4 Å². The fraction of sp³-hybridized carbons (Fsp3) is 0.932. The van der Waals surface area contributed by atoms with E-state index in [0.717, 1.165) is 51.4 Å².